The summed E-state index contributed by atoms with van der Waals surface area (Å²) >= 11 is 0. The van der Waals surface area contributed by atoms with Crippen molar-refractivity contribution >= 4 is 22.5 Å². The van der Waals surface area contributed by atoms with Gasteiger partial charge < -0.3 is 10.5 Å². The number of carbonyl (C=O) groups excluding carboxylic acids is 1. The summed E-state index contributed by atoms with van der Waals surface area (Å²) in [6.07, 6.45) is 6.90. The van der Waals surface area contributed by atoms with Crippen molar-refractivity contribution in [2.75, 3.05) is 18.9 Å². The number of pyridine rings is 1. The number of nitrogens with zero attached hydrogens (tertiary/aromatic N) is 3. The second-order valence-electron chi connectivity index (χ2n) is 8.22. The summed E-state index contributed by atoms with van der Waals surface area (Å²) in [5.41, 5.74) is 8.72. The van der Waals surface area contributed by atoms with Crippen LogP contribution in [0, 0.1) is 0 Å². The van der Waals surface area contributed by atoms with Gasteiger partial charge in [0, 0.05) is 54.9 Å². The zero-order chi connectivity index (χ0) is 22.0. The lowest BCUT2D eigenvalue weighted by Crippen LogP contribution is -2.42. The van der Waals surface area contributed by atoms with E-state index in [9.17, 15) is 4.79 Å². The summed E-state index contributed by atoms with van der Waals surface area (Å²) in [4.78, 5) is 26.4. The fraction of sp³-hybridized carbons (Fsp3) is 0.231. The molecular formula is C26H24N4O2. The summed E-state index contributed by atoms with van der Waals surface area (Å²) in [7, 11) is 0. The van der Waals surface area contributed by atoms with E-state index in [0.29, 0.717) is 32.5 Å². The number of hydrogen-bond donors (Lipinski definition) is 1. The molecule has 6 heteroatoms. The topological polar surface area (TPSA) is 91.0 Å². The largest absolute Gasteiger partial charge is 0.381 e. The van der Waals surface area contributed by atoms with Crippen molar-refractivity contribution in [1.82, 2.24) is 15.0 Å². The molecule has 2 aromatic carbocycles. The van der Waals surface area contributed by atoms with E-state index in [1.54, 1.807) is 12.4 Å². The van der Waals surface area contributed by atoms with Crippen molar-refractivity contribution in [3.63, 3.8) is 0 Å². The minimum Gasteiger partial charge on any atom is -0.381 e. The minimum atomic E-state index is -0.568. The van der Waals surface area contributed by atoms with Gasteiger partial charge in [0.1, 0.15) is 5.78 Å². The molecule has 0 spiro atoms. The van der Waals surface area contributed by atoms with Gasteiger partial charge in [-0.15, -0.1) is 0 Å². The Bertz CT molecular complexity index is 1250. The second-order valence-corrected chi connectivity index (χ2v) is 8.22. The second kappa shape index (κ2) is 8.48. The maximum absolute atomic E-state index is 13.7. The number of hydrogen-bond acceptors (Lipinski definition) is 6. The maximum atomic E-state index is 13.7. The molecule has 1 aliphatic rings. The Kier molecular flexibility index (Phi) is 5.37. The molecule has 0 amide bonds. The molecule has 0 unspecified atom stereocenters. The van der Waals surface area contributed by atoms with E-state index in [1.165, 1.54) is 0 Å². The predicted octanol–water partition coefficient (Wildman–Crippen LogP) is 4.13. The summed E-state index contributed by atoms with van der Waals surface area (Å²) in [5.74, 6) is 0.437. The van der Waals surface area contributed by atoms with Crippen LogP contribution < -0.4 is 5.73 Å². The van der Waals surface area contributed by atoms with Crippen molar-refractivity contribution in [2.24, 2.45) is 0 Å². The molecule has 1 fully saturated rings. The first-order chi connectivity index (χ1) is 15.6. The quantitative estimate of drug-likeness (QED) is 0.518. The highest BCUT2D eigenvalue weighted by molar-refractivity contribution is 5.92. The van der Waals surface area contributed by atoms with Crippen LogP contribution in [-0.2, 0) is 21.4 Å². The van der Waals surface area contributed by atoms with E-state index in [2.05, 4.69) is 21.0 Å². The Hall–Kier alpha value is -3.64. The highest BCUT2D eigenvalue weighted by Gasteiger charge is 2.41. The molecule has 1 saturated heterocycles. The lowest BCUT2D eigenvalue weighted by molar-refractivity contribution is -0.127. The van der Waals surface area contributed by atoms with Crippen LogP contribution in [-0.4, -0.2) is 33.9 Å². The zero-order valence-corrected chi connectivity index (χ0v) is 17.7. The van der Waals surface area contributed by atoms with E-state index < -0.39 is 5.41 Å². The van der Waals surface area contributed by atoms with Crippen LogP contribution in [0.1, 0.15) is 24.1 Å². The normalized spacial score (nSPS) is 15.5. The molecule has 0 radical (unpaired) electrons. The Labute approximate surface area is 186 Å². The molecule has 32 heavy (non-hydrogen) atoms. The van der Waals surface area contributed by atoms with E-state index in [-0.39, 0.29) is 11.7 Å². The molecule has 3 heterocycles. The van der Waals surface area contributed by atoms with Gasteiger partial charge in [-0.2, -0.15) is 0 Å². The average molecular weight is 425 g/mol. The summed E-state index contributed by atoms with van der Waals surface area (Å²) in [6, 6.07) is 18.2. The van der Waals surface area contributed by atoms with Crippen LogP contribution in [0.3, 0.4) is 0 Å². The molecule has 0 aliphatic carbocycles. The highest BCUT2D eigenvalue weighted by Crippen LogP contribution is 2.37. The first-order valence-electron chi connectivity index (χ1n) is 10.8. The minimum absolute atomic E-state index is 0.187. The molecule has 6 nitrogen and oxygen atoms in total. The number of Topliss-reactive ketones (excluding diaryl/α,β-unsaturated/α-hetero) is 1. The number of aromatic nitrogens is 3. The smallest absolute Gasteiger partial charge is 0.219 e. The molecule has 160 valence electrons. The van der Waals surface area contributed by atoms with Gasteiger partial charge in [-0.25, -0.2) is 9.97 Å². The summed E-state index contributed by atoms with van der Waals surface area (Å²) < 4.78 is 5.61. The third kappa shape index (κ3) is 3.85. The molecule has 0 atom stereocenters. The van der Waals surface area contributed by atoms with Crippen LogP contribution in [0.2, 0.25) is 0 Å². The van der Waals surface area contributed by atoms with Gasteiger partial charge in [-0.1, -0.05) is 48.5 Å². The van der Waals surface area contributed by atoms with Gasteiger partial charge >= 0.3 is 0 Å². The van der Waals surface area contributed by atoms with Crippen LogP contribution in [0.5, 0.6) is 0 Å². The Morgan fingerprint density at radius 2 is 1.56 bits per heavy atom. The van der Waals surface area contributed by atoms with E-state index >= 15 is 0 Å². The number of anilines is 1. The van der Waals surface area contributed by atoms with Crippen LogP contribution in [0.4, 0.5) is 5.95 Å². The fourth-order valence-electron chi connectivity index (χ4n) is 4.48. The van der Waals surface area contributed by atoms with Crippen LogP contribution >= 0.6 is 0 Å². The van der Waals surface area contributed by atoms with Crippen LogP contribution in [0.25, 0.3) is 21.9 Å². The average Bonchev–Trinajstić information content (AvgIpc) is 2.85. The molecule has 0 bridgehead atoms. The monoisotopic (exact) mass is 424 g/mol. The van der Waals surface area contributed by atoms with Gasteiger partial charge in [-0.3, -0.25) is 9.78 Å². The number of rotatable bonds is 5. The number of ketones is 1. The van der Waals surface area contributed by atoms with E-state index in [4.69, 9.17) is 10.5 Å². The molecule has 5 rings (SSSR count). The molecule has 1 aliphatic heterocycles. The van der Waals surface area contributed by atoms with Crippen molar-refractivity contribution in [3.8, 4) is 11.1 Å². The van der Waals surface area contributed by atoms with Gasteiger partial charge in [-0.05, 0) is 35.4 Å². The lowest BCUT2D eigenvalue weighted by atomic mass is 9.69. The Morgan fingerprint density at radius 3 is 2.28 bits per heavy atom. The van der Waals surface area contributed by atoms with Crippen molar-refractivity contribution in [2.45, 2.75) is 24.7 Å². The number of nitrogens with two attached hydrogens (primary N) is 1. The Morgan fingerprint density at radius 1 is 0.875 bits per heavy atom. The lowest BCUT2D eigenvalue weighted by Gasteiger charge is -2.36. The fourth-order valence-corrected chi connectivity index (χ4v) is 4.48. The molecule has 2 N–H and O–H groups in total. The first-order valence-corrected chi connectivity index (χ1v) is 10.8. The number of carbonyl (C=O) groups is 1. The Balaban J connectivity index is 1.44. The third-order valence-corrected chi connectivity index (χ3v) is 6.35. The van der Waals surface area contributed by atoms with E-state index in [1.807, 2.05) is 54.7 Å². The SMILES string of the molecule is Nc1ncc(-c2ccc(C3(C(=O)Cc4cc5ccccc5cn4)CCOCC3)cc2)cn1. The van der Waals surface area contributed by atoms with Gasteiger partial charge in [0.05, 0.1) is 5.41 Å². The molecule has 2 aromatic heterocycles. The van der Waals surface area contributed by atoms with Gasteiger partial charge in [0.25, 0.3) is 0 Å². The molecular weight excluding hydrogens is 400 g/mol. The molecule has 0 saturated carbocycles. The highest BCUT2D eigenvalue weighted by atomic mass is 16.5. The number of nitrogen functional groups attached to an aromatic ring is 1. The van der Waals surface area contributed by atoms with Crippen LogP contribution in [0.15, 0.2) is 73.2 Å². The van der Waals surface area contributed by atoms with Crippen molar-refractivity contribution in [3.05, 3.63) is 84.4 Å². The van der Waals surface area contributed by atoms with Gasteiger partial charge in [0.2, 0.25) is 5.95 Å². The molecule has 4 aromatic rings. The standard InChI is InChI=1S/C26H24N4O2/c27-25-29-16-21(17-30-25)18-5-7-22(8-6-18)26(9-11-32-12-10-26)24(31)14-23-13-19-3-1-2-4-20(19)15-28-23/h1-8,13,15-17H,9-12,14H2,(H2,27,29,30). The van der Waals surface area contributed by atoms with E-state index in [0.717, 1.165) is 33.2 Å². The number of ether oxygens (including phenoxy) is 1. The number of benzene rings is 2. The third-order valence-electron chi connectivity index (χ3n) is 6.35. The predicted molar refractivity (Wildman–Crippen MR) is 124 cm³/mol. The maximum Gasteiger partial charge on any atom is 0.219 e. The van der Waals surface area contributed by atoms with Crippen molar-refractivity contribution < 1.29 is 9.53 Å². The van der Waals surface area contributed by atoms with Crippen molar-refractivity contribution in [1.29, 1.82) is 0 Å². The number of fused-ring (bicyclic) bond motifs is 1. The first kappa shape index (κ1) is 20.3. The summed E-state index contributed by atoms with van der Waals surface area (Å²) in [6.45, 7) is 1.15. The zero-order valence-electron chi connectivity index (χ0n) is 17.7. The summed E-state index contributed by atoms with van der Waals surface area (Å²) in [5, 5.41) is 2.17. The van der Waals surface area contributed by atoms with Gasteiger partial charge in [0.15, 0.2) is 0 Å².